The smallest absolute Gasteiger partial charge is 0.417 e. The first-order chi connectivity index (χ1) is 7.57. The van der Waals surface area contributed by atoms with Crippen molar-refractivity contribution in [1.82, 2.24) is 0 Å². The molecule has 0 bridgehead atoms. The molecular formula is C9H6F6O2. The number of benzene rings is 1. The van der Waals surface area contributed by atoms with E-state index in [-0.39, 0.29) is 12.1 Å². The summed E-state index contributed by atoms with van der Waals surface area (Å²) in [5.41, 5.74) is -3.86. The molecule has 0 unspecified atom stereocenters. The summed E-state index contributed by atoms with van der Waals surface area (Å²) in [5, 5.41) is 9.05. The molecule has 0 aliphatic heterocycles. The third kappa shape index (κ3) is 2.75. The molecule has 0 saturated heterocycles. The van der Waals surface area contributed by atoms with Crippen molar-refractivity contribution in [2.45, 2.75) is 12.4 Å². The summed E-state index contributed by atoms with van der Waals surface area (Å²) in [6, 6.07) is 0.0970. The molecule has 1 N–H and O–H groups in total. The number of hydrogen-bond acceptors (Lipinski definition) is 2. The van der Waals surface area contributed by atoms with Crippen LogP contribution in [0.5, 0.6) is 11.5 Å². The number of rotatable bonds is 1. The number of methoxy groups -OCH3 is 1. The van der Waals surface area contributed by atoms with Gasteiger partial charge in [0.05, 0.1) is 18.2 Å². The molecule has 0 atom stereocenters. The number of halogens is 6. The summed E-state index contributed by atoms with van der Waals surface area (Å²) >= 11 is 0. The molecule has 0 spiro atoms. The topological polar surface area (TPSA) is 29.5 Å². The summed E-state index contributed by atoms with van der Waals surface area (Å²) in [7, 11) is 0.933. The Labute approximate surface area is 91.4 Å². The van der Waals surface area contributed by atoms with Gasteiger partial charge in [0.25, 0.3) is 0 Å². The van der Waals surface area contributed by atoms with Crippen LogP contribution < -0.4 is 4.74 Å². The van der Waals surface area contributed by atoms with E-state index < -0.39 is 35.0 Å². The molecule has 1 rings (SSSR count). The standard InChI is InChI=1S/C9H6F6O2/c1-17-7-3-5(9(13,14)15)4(2-6(7)16)8(10,11)12/h2-3,16H,1H3. The average Bonchev–Trinajstić information content (AvgIpc) is 2.14. The lowest BCUT2D eigenvalue weighted by Crippen LogP contribution is -2.16. The molecule has 17 heavy (non-hydrogen) atoms. The van der Waals surface area contributed by atoms with Gasteiger partial charge in [-0.25, -0.2) is 0 Å². The van der Waals surface area contributed by atoms with Gasteiger partial charge in [0.2, 0.25) is 0 Å². The lowest BCUT2D eigenvalue weighted by molar-refractivity contribution is -0.162. The normalized spacial score (nSPS) is 12.6. The average molecular weight is 260 g/mol. The molecule has 0 aliphatic rings. The van der Waals surface area contributed by atoms with Crippen LogP contribution in [0.15, 0.2) is 12.1 Å². The quantitative estimate of drug-likeness (QED) is 0.784. The number of phenolic OH excluding ortho intramolecular Hbond substituents is 1. The van der Waals surface area contributed by atoms with Crippen molar-refractivity contribution in [2.24, 2.45) is 0 Å². The lowest BCUT2D eigenvalue weighted by atomic mass is 10.1. The molecular weight excluding hydrogens is 254 g/mol. The molecule has 1 aromatic rings. The van der Waals surface area contributed by atoms with Crippen molar-refractivity contribution in [3.8, 4) is 11.5 Å². The number of hydrogen-bond donors (Lipinski definition) is 1. The van der Waals surface area contributed by atoms with Crippen molar-refractivity contribution in [3.63, 3.8) is 0 Å². The lowest BCUT2D eigenvalue weighted by Gasteiger charge is -2.17. The van der Waals surface area contributed by atoms with Gasteiger partial charge in [0.1, 0.15) is 0 Å². The monoisotopic (exact) mass is 260 g/mol. The van der Waals surface area contributed by atoms with E-state index in [2.05, 4.69) is 4.74 Å². The first-order valence-electron chi connectivity index (χ1n) is 4.12. The molecule has 0 saturated carbocycles. The van der Waals surface area contributed by atoms with E-state index in [4.69, 9.17) is 5.11 Å². The molecule has 8 heteroatoms. The Bertz CT molecular complexity index is 421. The zero-order chi connectivity index (χ0) is 13.4. The number of alkyl halides is 6. The van der Waals surface area contributed by atoms with Gasteiger partial charge in [0, 0.05) is 0 Å². The third-order valence-corrected chi connectivity index (χ3v) is 1.93. The second kappa shape index (κ2) is 4.01. The van der Waals surface area contributed by atoms with Crippen molar-refractivity contribution >= 4 is 0 Å². The highest BCUT2D eigenvalue weighted by atomic mass is 19.4. The predicted molar refractivity (Wildman–Crippen MR) is 44.7 cm³/mol. The van der Waals surface area contributed by atoms with Gasteiger partial charge < -0.3 is 9.84 Å². The zero-order valence-electron chi connectivity index (χ0n) is 8.28. The predicted octanol–water partition coefficient (Wildman–Crippen LogP) is 3.44. The van der Waals surface area contributed by atoms with Gasteiger partial charge in [-0.15, -0.1) is 0 Å². The molecule has 0 radical (unpaired) electrons. The second-order valence-corrected chi connectivity index (χ2v) is 3.07. The third-order valence-electron chi connectivity index (χ3n) is 1.93. The highest BCUT2D eigenvalue weighted by molar-refractivity contribution is 5.48. The maximum atomic E-state index is 12.4. The Balaban J connectivity index is 3.54. The fourth-order valence-corrected chi connectivity index (χ4v) is 1.20. The summed E-state index contributed by atoms with van der Waals surface area (Å²) in [6.45, 7) is 0. The largest absolute Gasteiger partial charge is 0.504 e. The maximum absolute atomic E-state index is 12.4. The molecule has 0 heterocycles. The first kappa shape index (κ1) is 13.5. The van der Waals surface area contributed by atoms with Crippen LogP contribution in [0, 0.1) is 0 Å². The first-order valence-corrected chi connectivity index (χ1v) is 4.12. The number of aromatic hydroxyl groups is 1. The molecule has 0 aliphatic carbocycles. The van der Waals surface area contributed by atoms with Crippen LogP contribution in [0.25, 0.3) is 0 Å². The fraction of sp³-hybridized carbons (Fsp3) is 0.333. The number of phenols is 1. The van der Waals surface area contributed by atoms with E-state index >= 15 is 0 Å². The van der Waals surface area contributed by atoms with Crippen LogP contribution in [-0.4, -0.2) is 12.2 Å². The zero-order valence-corrected chi connectivity index (χ0v) is 8.28. The van der Waals surface area contributed by atoms with E-state index in [1.54, 1.807) is 0 Å². The Hall–Kier alpha value is -1.60. The van der Waals surface area contributed by atoms with Gasteiger partial charge in [-0.3, -0.25) is 0 Å². The van der Waals surface area contributed by atoms with E-state index in [0.717, 1.165) is 7.11 Å². The Morgan fingerprint density at radius 2 is 1.35 bits per heavy atom. The Kier molecular flexibility index (Phi) is 3.17. The summed E-state index contributed by atoms with van der Waals surface area (Å²) in [4.78, 5) is 0. The summed E-state index contributed by atoms with van der Waals surface area (Å²) in [5.74, 6) is -1.68. The van der Waals surface area contributed by atoms with Crippen LogP contribution in [0.1, 0.15) is 11.1 Å². The van der Waals surface area contributed by atoms with Gasteiger partial charge >= 0.3 is 12.4 Å². The summed E-state index contributed by atoms with van der Waals surface area (Å²) in [6.07, 6.45) is -10.4. The fourth-order valence-electron chi connectivity index (χ4n) is 1.20. The summed E-state index contributed by atoms with van der Waals surface area (Å²) < 4.78 is 78.5. The molecule has 0 aromatic heterocycles. The van der Waals surface area contributed by atoms with Gasteiger partial charge in [-0.2, -0.15) is 26.3 Å². The molecule has 1 aromatic carbocycles. The minimum Gasteiger partial charge on any atom is -0.504 e. The van der Waals surface area contributed by atoms with Crippen LogP contribution >= 0.6 is 0 Å². The Morgan fingerprint density at radius 1 is 0.941 bits per heavy atom. The van der Waals surface area contributed by atoms with Crippen molar-refractivity contribution in [2.75, 3.05) is 7.11 Å². The highest BCUT2D eigenvalue weighted by Crippen LogP contribution is 2.44. The van der Waals surface area contributed by atoms with Crippen LogP contribution in [-0.2, 0) is 12.4 Å². The Morgan fingerprint density at radius 3 is 1.71 bits per heavy atom. The van der Waals surface area contributed by atoms with Crippen molar-refractivity contribution in [1.29, 1.82) is 0 Å². The van der Waals surface area contributed by atoms with Gasteiger partial charge in [-0.1, -0.05) is 0 Å². The molecule has 2 nitrogen and oxygen atoms in total. The molecule has 0 fully saturated rings. The van der Waals surface area contributed by atoms with Crippen LogP contribution in [0.4, 0.5) is 26.3 Å². The van der Waals surface area contributed by atoms with Crippen LogP contribution in [0.2, 0.25) is 0 Å². The highest BCUT2D eigenvalue weighted by Gasteiger charge is 2.44. The van der Waals surface area contributed by atoms with Crippen LogP contribution in [0.3, 0.4) is 0 Å². The van der Waals surface area contributed by atoms with E-state index in [1.807, 2.05) is 0 Å². The van der Waals surface area contributed by atoms with E-state index in [9.17, 15) is 26.3 Å². The second-order valence-electron chi connectivity index (χ2n) is 3.07. The maximum Gasteiger partial charge on any atom is 0.417 e. The van der Waals surface area contributed by atoms with Crippen molar-refractivity contribution < 1.29 is 36.2 Å². The molecule has 96 valence electrons. The van der Waals surface area contributed by atoms with E-state index in [1.165, 1.54) is 0 Å². The van der Waals surface area contributed by atoms with Gasteiger partial charge in [0.15, 0.2) is 11.5 Å². The number of ether oxygens (including phenoxy) is 1. The van der Waals surface area contributed by atoms with Crippen molar-refractivity contribution in [3.05, 3.63) is 23.3 Å². The minimum atomic E-state index is -5.21. The molecule has 0 amide bonds. The van der Waals surface area contributed by atoms with E-state index in [0.29, 0.717) is 0 Å². The van der Waals surface area contributed by atoms with Gasteiger partial charge in [-0.05, 0) is 12.1 Å². The SMILES string of the molecule is COc1cc(C(F)(F)F)c(C(F)(F)F)cc1O. The minimum absolute atomic E-state index is 0.0122.